The van der Waals surface area contributed by atoms with E-state index in [-0.39, 0.29) is 6.04 Å². The normalized spacial score (nSPS) is 27.2. The molecule has 1 aromatic heterocycles. The number of hydrogen-bond acceptors (Lipinski definition) is 4. The summed E-state index contributed by atoms with van der Waals surface area (Å²) in [6, 6.07) is 2.41. The van der Waals surface area contributed by atoms with Crippen LogP contribution in [0.2, 0.25) is 0 Å². The summed E-state index contributed by atoms with van der Waals surface area (Å²) in [5, 5.41) is 2.13. The van der Waals surface area contributed by atoms with Crippen molar-refractivity contribution < 1.29 is 4.74 Å². The van der Waals surface area contributed by atoms with E-state index in [0.29, 0.717) is 12.0 Å². The zero-order valence-electron chi connectivity index (χ0n) is 9.90. The third-order valence-corrected chi connectivity index (χ3v) is 4.37. The van der Waals surface area contributed by atoms with E-state index in [0.717, 1.165) is 19.4 Å². The molecule has 3 N–H and O–H groups in total. The van der Waals surface area contributed by atoms with Gasteiger partial charge in [-0.1, -0.05) is 6.92 Å². The summed E-state index contributed by atoms with van der Waals surface area (Å²) in [6.45, 7) is 5.20. The van der Waals surface area contributed by atoms with Gasteiger partial charge in [0.1, 0.15) is 0 Å². The van der Waals surface area contributed by atoms with Crippen LogP contribution in [-0.2, 0) is 4.74 Å². The molecule has 1 aliphatic heterocycles. The van der Waals surface area contributed by atoms with Crippen molar-refractivity contribution in [1.29, 1.82) is 0 Å². The van der Waals surface area contributed by atoms with Gasteiger partial charge < -0.3 is 4.74 Å². The van der Waals surface area contributed by atoms with Crippen LogP contribution in [0, 0.1) is 12.8 Å². The lowest BCUT2D eigenvalue weighted by atomic mass is 9.87. The maximum Gasteiger partial charge on any atom is 0.0620 e. The average Bonchev–Trinajstić information content (AvgIpc) is 2.90. The summed E-state index contributed by atoms with van der Waals surface area (Å²) in [5.41, 5.74) is 4.31. The molecule has 3 nitrogen and oxygen atoms in total. The van der Waals surface area contributed by atoms with E-state index < -0.39 is 0 Å². The molecule has 0 radical (unpaired) electrons. The highest BCUT2D eigenvalue weighted by molar-refractivity contribution is 7.10. The van der Waals surface area contributed by atoms with Gasteiger partial charge in [0, 0.05) is 17.4 Å². The van der Waals surface area contributed by atoms with Crippen molar-refractivity contribution in [3.63, 3.8) is 0 Å². The maximum atomic E-state index is 5.74. The van der Waals surface area contributed by atoms with E-state index in [1.54, 1.807) is 11.3 Å². The molecule has 3 atom stereocenters. The van der Waals surface area contributed by atoms with Crippen molar-refractivity contribution in [3.8, 4) is 0 Å². The molecule has 1 aromatic rings. The summed E-state index contributed by atoms with van der Waals surface area (Å²) in [6.07, 6.45) is 2.51. The lowest BCUT2D eigenvalue weighted by molar-refractivity contribution is 0.0774. The highest BCUT2D eigenvalue weighted by Gasteiger charge is 2.34. The van der Waals surface area contributed by atoms with Crippen LogP contribution in [0.3, 0.4) is 0 Å². The summed E-state index contributed by atoms with van der Waals surface area (Å²) in [5.74, 6) is 6.23. The van der Waals surface area contributed by atoms with Crippen LogP contribution < -0.4 is 11.3 Å². The molecule has 90 valence electrons. The number of aryl methyl sites for hydroxylation is 1. The smallest absolute Gasteiger partial charge is 0.0620 e. The van der Waals surface area contributed by atoms with Crippen molar-refractivity contribution >= 4 is 11.3 Å². The predicted molar refractivity (Wildman–Crippen MR) is 67.3 cm³/mol. The zero-order chi connectivity index (χ0) is 11.5. The maximum absolute atomic E-state index is 5.74. The molecule has 0 bridgehead atoms. The van der Waals surface area contributed by atoms with Crippen molar-refractivity contribution in [2.45, 2.75) is 38.8 Å². The van der Waals surface area contributed by atoms with Gasteiger partial charge in [-0.2, -0.15) is 0 Å². The Kier molecular flexibility index (Phi) is 3.97. The Bertz CT molecular complexity index is 340. The number of thiophene rings is 1. The fraction of sp³-hybridized carbons (Fsp3) is 0.667. The van der Waals surface area contributed by atoms with E-state index in [1.165, 1.54) is 10.4 Å². The second-order valence-corrected chi connectivity index (χ2v) is 5.47. The molecular weight excluding hydrogens is 220 g/mol. The van der Waals surface area contributed by atoms with Crippen LogP contribution in [0.15, 0.2) is 11.4 Å². The minimum Gasteiger partial charge on any atom is -0.378 e. The van der Waals surface area contributed by atoms with Crippen LogP contribution in [0.1, 0.15) is 36.2 Å². The fourth-order valence-electron chi connectivity index (χ4n) is 2.63. The molecule has 16 heavy (non-hydrogen) atoms. The third kappa shape index (κ3) is 2.15. The Morgan fingerprint density at radius 1 is 1.69 bits per heavy atom. The van der Waals surface area contributed by atoms with Crippen molar-refractivity contribution in [2.75, 3.05) is 6.61 Å². The summed E-state index contributed by atoms with van der Waals surface area (Å²) in [7, 11) is 0. The van der Waals surface area contributed by atoms with E-state index in [1.807, 2.05) is 0 Å². The SMILES string of the molecule is CCC1OCCC1C(NN)c1ccsc1C. The van der Waals surface area contributed by atoms with E-state index in [4.69, 9.17) is 10.6 Å². The molecule has 2 rings (SSSR count). The van der Waals surface area contributed by atoms with Gasteiger partial charge in [0.25, 0.3) is 0 Å². The van der Waals surface area contributed by atoms with Gasteiger partial charge >= 0.3 is 0 Å². The van der Waals surface area contributed by atoms with Crippen molar-refractivity contribution in [1.82, 2.24) is 5.43 Å². The van der Waals surface area contributed by atoms with E-state index >= 15 is 0 Å². The molecule has 3 unspecified atom stereocenters. The van der Waals surface area contributed by atoms with Crippen LogP contribution in [0.25, 0.3) is 0 Å². The Balaban J connectivity index is 2.19. The summed E-state index contributed by atoms with van der Waals surface area (Å²) >= 11 is 1.78. The number of hydrogen-bond donors (Lipinski definition) is 2. The molecule has 2 heterocycles. The van der Waals surface area contributed by atoms with Gasteiger partial charge in [0.15, 0.2) is 0 Å². The highest BCUT2D eigenvalue weighted by atomic mass is 32.1. The first kappa shape index (κ1) is 12.0. The van der Waals surface area contributed by atoms with Gasteiger partial charge in [-0.3, -0.25) is 11.3 Å². The molecule has 0 aromatic carbocycles. The minimum absolute atomic E-state index is 0.235. The first-order valence-corrected chi connectivity index (χ1v) is 6.77. The molecule has 0 aliphatic carbocycles. The number of rotatable bonds is 4. The average molecular weight is 240 g/mol. The predicted octanol–water partition coefficient (Wildman–Crippen LogP) is 2.38. The van der Waals surface area contributed by atoms with E-state index in [9.17, 15) is 0 Å². The second kappa shape index (κ2) is 5.27. The Morgan fingerprint density at radius 3 is 3.06 bits per heavy atom. The number of hydrazine groups is 1. The van der Waals surface area contributed by atoms with Gasteiger partial charge in [-0.15, -0.1) is 11.3 Å². The zero-order valence-corrected chi connectivity index (χ0v) is 10.7. The topological polar surface area (TPSA) is 47.3 Å². The molecule has 0 saturated carbocycles. The van der Waals surface area contributed by atoms with Crippen LogP contribution in [0.5, 0.6) is 0 Å². The molecule has 4 heteroatoms. The summed E-state index contributed by atoms with van der Waals surface area (Å²) < 4.78 is 5.74. The molecule has 1 aliphatic rings. The second-order valence-electron chi connectivity index (χ2n) is 4.35. The third-order valence-electron chi connectivity index (χ3n) is 3.50. The lowest BCUT2D eigenvalue weighted by Crippen LogP contribution is -2.37. The highest BCUT2D eigenvalue weighted by Crippen LogP contribution is 2.36. The Morgan fingerprint density at radius 2 is 2.50 bits per heavy atom. The van der Waals surface area contributed by atoms with Gasteiger partial charge in [-0.05, 0) is 36.8 Å². The monoisotopic (exact) mass is 240 g/mol. The van der Waals surface area contributed by atoms with E-state index in [2.05, 4.69) is 30.7 Å². The summed E-state index contributed by atoms with van der Waals surface area (Å²) in [4.78, 5) is 1.35. The molecule has 1 saturated heterocycles. The van der Waals surface area contributed by atoms with Crippen LogP contribution >= 0.6 is 11.3 Å². The van der Waals surface area contributed by atoms with Gasteiger partial charge in [-0.25, -0.2) is 0 Å². The van der Waals surface area contributed by atoms with Crippen molar-refractivity contribution in [2.24, 2.45) is 11.8 Å². The molecule has 0 amide bonds. The van der Waals surface area contributed by atoms with Crippen LogP contribution in [0.4, 0.5) is 0 Å². The Labute approximate surface area is 101 Å². The van der Waals surface area contributed by atoms with Gasteiger partial charge in [0.05, 0.1) is 12.1 Å². The van der Waals surface area contributed by atoms with Gasteiger partial charge in [0.2, 0.25) is 0 Å². The standard InChI is InChI=1S/C12H20N2OS/c1-3-11-10(4-6-15-11)12(14-13)9-5-7-16-8(9)2/h5,7,10-12,14H,3-4,6,13H2,1-2H3. The largest absolute Gasteiger partial charge is 0.378 e. The molecular formula is C12H20N2OS. The quantitative estimate of drug-likeness (QED) is 0.627. The first-order chi connectivity index (χ1) is 7.77. The number of ether oxygens (including phenoxy) is 1. The fourth-order valence-corrected chi connectivity index (χ4v) is 3.38. The molecule has 1 fully saturated rings. The Hall–Kier alpha value is -0.420. The minimum atomic E-state index is 0.235. The number of nitrogens with two attached hydrogens (primary N) is 1. The lowest BCUT2D eigenvalue weighted by Gasteiger charge is -2.26. The van der Waals surface area contributed by atoms with Crippen LogP contribution in [-0.4, -0.2) is 12.7 Å². The van der Waals surface area contributed by atoms with Crippen molar-refractivity contribution in [3.05, 3.63) is 21.9 Å². The number of nitrogens with one attached hydrogen (secondary N) is 1. The first-order valence-electron chi connectivity index (χ1n) is 5.89. The molecule has 0 spiro atoms.